The van der Waals surface area contributed by atoms with E-state index < -0.39 is 0 Å². The summed E-state index contributed by atoms with van der Waals surface area (Å²) in [6, 6.07) is 6.67. The third kappa shape index (κ3) is 2.86. The predicted octanol–water partition coefficient (Wildman–Crippen LogP) is 5.24. The summed E-state index contributed by atoms with van der Waals surface area (Å²) in [7, 11) is 1.71. The highest BCUT2D eigenvalue weighted by molar-refractivity contribution is 7.71. The summed E-state index contributed by atoms with van der Waals surface area (Å²) in [5.74, 6) is 1.81. The first-order valence-electron chi connectivity index (χ1n) is 8.01. The highest BCUT2D eigenvalue weighted by atomic mass is 32.1. The molecule has 3 nitrogen and oxygen atoms in total. The second kappa shape index (κ2) is 6.22. The van der Waals surface area contributed by atoms with Crippen LogP contribution in [0.1, 0.15) is 51.5 Å². The van der Waals surface area contributed by atoms with Crippen LogP contribution in [0.3, 0.4) is 0 Å². The van der Waals surface area contributed by atoms with Gasteiger partial charge in [-0.1, -0.05) is 19.8 Å². The number of hydrogen-bond acceptors (Lipinski definition) is 2. The number of ether oxygens (including phenoxy) is 1. The molecule has 0 radical (unpaired) electrons. The Balaban J connectivity index is 1.90. The number of fused-ring (bicyclic) bond motifs is 1. The molecule has 2 aromatic rings. The van der Waals surface area contributed by atoms with Crippen molar-refractivity contribution in [3.8, 4) is 5.75 Å². The lowest BCUT2D eigenvalue weighted by Gasteiger charge is -2.29. The van der Waals surface area contributed by atoms with Crippen LogP contribution in [0.15, 0.2) is 18.2 Å². The summed E-state index contributed by atoms with van der Waals surface area (Å²) in [5, 5.41) is 0. The number of nitrogens with zero attached hydrogens (tertiary/aromatic N) is 1. The van der Waals surface area contributed by atoms with Crippen LogP contribution in [-0.4, -0.2) is 16.7 Å². The van der Waals surface area contributed by atoms with Crippen molar-refractivity contribution in [2.75, 3.05) is 7.11 Å². The average Bonchev–Trinajstić information content (AvgIpc) is 2.83. The molecule has 1 N–H and O–H groups in total. The minimum atomic E-state index is 0.534. The van der Waals surface area contributed by atoms with Crippen LogP contribution in [-0.2, 0) is 0 Å². The van der Waals surface area contributed by atoms with Crippen LogP contribution >= 0.6 is 12.2 Å². The molecule has 0 spiro atoms. The number of hydrogen-bond donors (Lipinski definition) is 1. The normalized spacial score (nSPS) is 22.6. The number of H-pyrrole nitrogens is 1. The van der Waals surface area contributed by atoms with E-state index >= 15 is 0 Å². The van der Waals surface area contributed by atoms with Crippen molar-refractivity contribution in [2.24, 2.45) is 5.92 Å². The minimum Gasteiger partial charge on any atom is -0.497 e. The molecule has 114 valence electrons. The third-order valence-corrected chi connectivity index (χ3v) is 5.10. The van der Waals surface area contributed by atoms with Gasteiger partial charge in [-0.25, -0.2) is 0 Å². The number of imidazole rings is 1. The first-order chi connectivity index (χ1) is 10.2. The molecule has 0 atom stereocenters. The standard InChI is InChI=1S/C17H24N2OS/c1-3-4-12-5-7-13(8-6-12)19-16-11-14(20-2)9-10-15(16)18-17(19)21/h9-13H,3-8H2,1-2H3,(H,18,21). The fourth-order valence-corrected chi connectivity index (χ4v) is 4.05. The number of rotatable bonds is 4. The topological polar surface area (TPSA) is 29.9 Å². The van der Waals surface area contributed by atoms with E-state index in [2.05, 4.69) is 28.6 Å². The Morgan fingerprint density at radius 1 is 1.29 bits per heavy atom. The lowest BCUT2D eigenvalue weighted by molar-refractivity contribution is 0.264. The van der Waals surface area contributed by atoms with E-state index in [1.54, 1.807) is 7.11 Å². The summed E-state index contributed by atoms with van der Waals surface area (Å²) >= 11 is 5.56. The number of benzene rings is 1. The summed E-state index contributed by atoms with van der Waals surface area (Å²) in [6.07, 6.45) is 7.82. The van der Waals surface area contributed by atoms with E-state index in [0.29, 0.717) is 6.04 Å². The van der Waals surface area contributed by atoms with Gasteiger partial charge in [0.05, 0.1) is 18.1 Å². The molecule has 0 amide bonds. The van der Waals surface area contributed by atoms with E-state index in [4.69, 9.17) is 17.0 Å². The van der Waals surface area contributed by atoms with Crippen molar-refractivity contribution in [3.05, 3.63) is 23.0 Å². The first kappa shape index (κ1) is 14.6. The molecule has 1 saturated carbocycles. The SMILES string of the molecule is CCCC1CCC(n2c(=S)[nH]c3ccc(OC)cc32)CC1. The predicted molar refractivity (Wildman–Crippen MR) is 89.6 cm³/mol. The average molecular weight is 304 g/mol. The maximum Gasteiger partial charge on any atom is 0.178 e. The number of aromatic nitrogens is 2. The molecule has 1 aliphatic rings. The van der Waals surface area contributed by atoms with Gasteiger partial charge < -0.3 is 14.3 Å². The molecule has 1 aromatic carbocycles. The van der Waals surface area contributed by atoms with E-state index in [-0.39, 0.29) is 0 Å². The Labute approximate surface area is 131 Å². The summed E-state index contributed by atoms with van der Waals surface area (Å²) in [5.41, 5.74) is 2.29. The molecule has 0 saturated heterocycles. The highest BCUT2D eigenvalue weighted by Gasteiger charge is 2.23. The maximum atomic E-state index is 5.56. The van der Waals surface area contributed by atoms with Crippen LogP contribution in [0.2, 0.25) is 0 Å². The van der Waals surface area contributed by atoms with Crippen LogP contribution in [0.5, 0.6) is 5.75 Å². The molecule has 0 aliphatic heterocycles. The molecule has 1 aromatic heterocycles. The second-order valence-corrected chi connectivity index (χ2v) is 6.53. The van der Waals surface area contributed by atoms with Crippen molar-refractivity contribution in [1.29, 1.82) is 0 Å². The van der Waals surface area contributed by atoms with E-state index in [0.717, 1.165) is 22.0 Å². The van der Waals surface area contributed by atoms with E-state index in [9.17, 15) is 0 Å². The van der Waals surface area contributed by atoms with Gasteiger partial charge in [-0.2, -0.15) is 0 Å². The highest BCUT2D eigenvalue weighted by Crippen LogP contribution is 2.36. The molecule has 4 heteroatoms. The Morgan fingerprint density at radius 2 is 2.05 bits per heavy atom. The van der Waals surface area contributed by atoms with Gasteiger partial charge in [0.25, 0.3) is 0 Å². The van der Waals surface area contributed by atoms with Crippen molar-refractivity contribution in [1.82, 2.24) is 9.55 Å². The van der Waals surface area contributed by atoms with Gasteiger partial charge in [0.15, 0.2) is 4.77 Å². The third-order valence-electron chi connectivity index (χ3n) is 4.80. The van der Waals surface area contributed by atoms with Gasteiger partial charge in [-0.3, -0.25) is 0 Å². The second-order valence-electron chi connectivity index (χ2n) is 6.15. The molecule has 3 rings (SSSR count). The van der Waals surface area contributed by atoms with Crippen molar-refractivity contribution < 1.29 is 4.74 Å². The molecular weight excluding hydrogens is 280 g/mol. The number of methoxy groups -OCH3 is 1. The molecule has 1 aliphatic carbocycles. The van der Waals surface area contributed by atoms with Gasteiger partial charge in [0.2, 0.25) is 0 Å². The zero-order valence-corrected chi connectivity index (χ0v) is 13.7. The van der Waals surface area contributed by atoms with Gasteiger partial charge in [-0.05, 0) is 56.0 Å². The summed E-state index contributed by atoms with van der Waals surface area (Å²) in [6.45, 7) is 2.29. The molecule has 0 unspecified atom stereocenters. The fourth-order valence-electron chi connectivity index (χ4n) is 3.69. The van der Waals surface area contributed by atoms with E-state index in [1.807, 2.05) is 6.07 Å². The number of nitrogens with one attached hydrogen (secondary N) is 1. The zero-order valence-electron chi connectivity index (χ0n) is 12.9. The fraction of sp³-hybridized carbons (Fsp3) is 0.588. The molecule has 1 heterocycles. The maximum absolute atomic E-state index is 5.56. The summed E-state index contributed by atoms with van der Waals surface area (Å²) < 4.78 is 8.52. The lowest BCUT2D eigenvalue weighted by atomic mass is 9.83. The summed E-state index contributed by atoms with van der Waals surface area (Å²) in [4.78, 5) is 3.33. The van der Waals surface area contributed by atoms with Gasteiger partial charge in [0, 0.05) is 12.1 Å². The van der Waals surface area contributed by atoms with Crippen LogP contribution in [0, 0.1) is 10.7 Å². The van der Waals surface area contributed by atoms with Crippen LogP contribution in [0.25, 0.3) is 11.0 Å². The van der Waals surface area contributed by atoms with Gasteiger partial charge in [0.1, 0.15) is 5.75 Å². The quantitative estimate of drug-likeness (QED) is 0.783. The molecular formula is C17H24N2OS. The Morgan fingerprint density at radius 3 is 2.71 bits per heavy atom. The Kier molecular flexibility index (Phi) is 4.34. The largest absolute Gasteiger partial charge is 0.497 e. The Hall–Kier alpha value is -1.29. The lowest BCUT2D eigenvalue weighted by Crippen LogP contribution is -2.18. The molecule has 1 fully saturated rings. The Bertz CT molecular complexity index is 665. The van der Waals surface area contributed by atoms with E-state index in [1.165, 1.54) is 44.0 Å². The number of aromatic amines is 1. The smallest absolute Gasteiger partial charge is 0.178 e. The molecule has 0 bridgehead atoms. The van der Waals surface area contributed by atoms with Gasteiger partial charge >= 0.3 is 0 Å². The van der Waals surface area contributed by atoms with Crippen molar-refractivity contribution in [3.63, 3.8) is 0 Å². The molecule has 21 heavy (non-hydrogen) atoms. The van der Waals surface area contributed by atoms with Crippen molar-refractivity contribution >= 4 is 23.3 Å². The monoisotopic (exact) mass is 304 g/mol. The van der Waals surface area contributed by atoms with Crippen LogP contribution < -0.4 is 4.74 Å². The van der Waals surface area contributed by atoms with Crippen molar-refractivity contribution in [2.45, 2.75) is 51.5 Å². The van der Waals surface area contributed by atoms with Crippen LogP contribution in [0.4, 0.5) is 0 Å². The minimum absolute atomic E-state index is 0.534. The first-order valence-corrected chi connectivity index (χ1v) is 8.42. The zero-order chi connectivity index (χ0) is 14.8. The van der Waals surface area contributed by atoms with Gasteiger partial charge in [-0.15, -0.1) is 0 Å².